The van der Waals surface area contributed by atoms with Gasteiger partial charge in [0.2, 0.25) is 0 Å². The van der Waals surface area contributed by atoms with Gasteiger partial charge >= 0.3 is 0 Å². The van der Waals surface area contributed by atoms with Gasteiger partial charge in [0.15, 0.2) is 6.29 Å². The quantitative estimate of drug-likeness (QED) is 0.512. The first kappa shape index (κ1) is 13.7. The van der Waals surface area contributed by atoms with Gasteiger partial charge in [0.25, 0.3) is 0 Å². The van der Waals surface area contributed by atoms with E-state index in [9.17, 15) is 5.11 Å². The van der Waals surface area contributed by atoms with Gasteiger partial charge in [-0.15, -0.1) is 6.58 Å². The zero-order valence-corrected chi connectivity index (χ0v) is 10.1. The van der Waals surface area contributed by atoms with Crippen molar-refractivity contribution in [2.45, 2.75) is 57.3 Å². The molecule has 0 bridgehead atoms. The van der Waals surface area contributed by atoms with E-state index >= 15 is 0 Å². The van der Waals surface area contributed by atoms with Crippen LogP contribution in [0.25, 0.3) is 0 Å². The van der Waals surface area contributed by atoms with Crippen molar-refractivity contribution in [3.63, 3.8) is 0 Å². The van der Waals surface area contributed by atoms with E-state index in [1.807, 2.05) is 0 Å². The standard InChI is InChI=1S/C13H24O3/c1-2-12(14)8-4-3-6-10-15-13-9-5-7-11-16-13/h2,12-14H,1,3-11H2. The van der Waals surface area contributed by atoms with Gasteiger partial charge in [0, 0.05) is 13.2 Å². The molecular weight excluding hydrogens is 204 g/mol. The topological polar surface area (TPSA) is 38.7 Å². The molecule has 0 amide bonds. The van der Waals surface area contributed by atoms with Crippen LogP contribution in [0, 0.1) is 0 Å². The molecule has 0 aromatic carbocycles. The number of rotatable bonds is 8. The largest absolute Gasteiger partial charge is 0.389 e. The fourth-order valence-corrected chi connectivity index (χ4v) is 1.81. The number of hydrogen-bond acceptors (Lipinski definition) is 3. The lowest BCUT2D eigenvalue weighted by Crippen LogP contribution is -2.22. The van der Waals surface area contributed by atoms with Gasteiger partial charge in [0.05, 0.1) is 6.10 Å². The average molecular weight is 228 g/mol. The fourth-order valence-electron chi connectivity index (χ4n) is 1.81. The fraction of sp³-hybridized carbons (Fsp3) is 0.846. The molecule has 2 atom stereocenters. The second-order valence-electron chi connectivity index (χ2n) is 4.32. The summed E-state index contributed by atoms with van der Waals surface area (Å²) in [5.74, 6) is 0. The maximum Gasteiger partial charge on any atom is 0.157 e. The molecule has 0 aliphatic carbocycles. The predicted octanol–water partition coefficient (Wildman–Crippen LogP) is 2.64. The van der Waals surface area contributed by atoms with Crippen LogP contribution in [0.5, 0.6) is 0 Å². The van der Waals surface area contributed by atoms with E-state index < -0.39 is 0 Å². The molecule has 1 rings (SSSR count). The Morgan fingerprint density at radius 3 is 2.94 bits per heavy atom. The Morgan fingerprint density at radius 2 is 2.25 bits per heavy atom. The van der Waals surface area contributed by atoms with E-state index in [0.717, 1.165) is 45.3 Å². The highest BCUT2D eigenvalue weighted by Gasteiger charge is 2.13. The van der Waals surface area contributed by atoms with Crippen LogP contribution < -0.4 is 0 Å². The molecule has 2 unspecified atom stereocenters. The van der Waals surface area contributed by atoms with E-state index in [2.05, 4.69) is 6.58 Å². The first-order chi connectivity index (χ1) is 7.83. The van der Waals surface area contributed by atoms with Crippen LogP contribution in [-0.2, 0) is 9.47 Å². The third-order valence-corrected chi connectivity index (χ3v) is 2.86. The first-order valence-electron chi connectivity index (χ1n) is 6.37. The van der Waals surface area contributed by atoms with Crippen molar-refractivity contribution in [2.75, 3.05) is 13.2 Å². The molecule has 0 spiro atoms. The summed E-state index contributed by atoms with van der Waals surface area (Å²) < 4.78 is 11.1. The summed E-state index contributed by atoms with van der Waals surface area (Å²) in [6.07, 6.45) is 8.68. The van der Waals surface area contributed by atoms with Gasteiger partial charge < -0.3 is 14.6 Å². The van der Waals surface area contributed by atoms with Gasteiger partial charge in [-0.3, -0.25) is 0 Å². The Balaban J connectivity index is 1.85. The van der Waals surface area contributed by atoms with E-state index in [-0.39, 0.29) is 12.4 Å². The Morgan fingerprint density at radius 1 is 1.38 bits per heavy atom. The smallest absolute Gasteiger partial charge is 0.157 e. The van der Waals surface area contributed by atoms with Crippen molar-refractivity contribution in [1.82, 2.24) is 0 Å². The number of ether oxygens (including phenoxy) is 2. The van der Waals surface area contributed by atoms with Gasteiger partial charge in [-0.1, -0.05) is 18.9 Å². The van der Waals surface area contributed by atoms with Crippen LogP contribution in [0.3, 0.4) is 0 Å². The molecule has 1 heterocycles. The molecule has 0 radical (unpaired) electrons. The molecule has 3 nitrogen and oxygen atoms in total. The van der Waals surface area contributed by atoms with Crippen LogP contribution in [0.1, 0.15) is 44.9 Å². The molecule has 0 aromatic heterocycles. The number of aliphatic hydroxyl groups is 1. The summed E-state index contributed by atoms with van der Waals surface area (Å²) in [6, 6.07) is 0. The molecule has 3 heteroatoms. The van der Waals surface area contributed by atoms with E-state index in [4.69, 9.17) is 9.47 Å². The molecule has 1 fully saturated rings. The molecule has 0 saturated carbocycles. The molecule has 1 saturated heterocycles. The summed E-state index contributed by atoms with van der Waals surface area (Å²) in [5, 5.41) is 9.25. The maximum absolute atomic E-state index is 9.25. The van der Waals surface area contributed by atoms with Gasteiger partial charge in [-0.2, -0.15) is 0 Å². The first-order valence-corrected chi connectivity index (χ1v) is 6.37. The molecule has 1 N–H and O–H groups in total. The summed E-state index contributed by atoms with van der Waals surface area (Å²) in [6.45, 7) is 5.16. The van der Waals surface area contributed by atoms with E-state index in [1.54, 1.807) is 6.08 Å². The zero-order chi connectivity index (χ0) is 11.6. The van der Waals surface area contributed by atoms with Crippen molar-refractivity contribution in [3.8, 4) is 0 Å². The monoisotopic (exact) mass is 228 g/mol. The second kappa shape index (κ2) is 8.74. The Hall–Kier alpha value is -0.380. The van der Waals surface area contributed by atoms with Crippen molar-refractivity contribution in [1.29, 1.82) is 0 Å². The SMILES string of the molecule is C=CC(O)CCCCCOC1CCCCO1. The number of aliphatic hydroxyl groups excluding tert-OH is 1. The minimum Gasteiger partial charge on any atom is -0.389 e. The lowest BCUT2D eigenvalue weighted by molar-refractivity contribution is -0.162. The van der Waals surface area contributed by atoms with Crippen LogP contribution in [0.15, 0.2) is 12.7 Å². The molecule has 16 heavy (non-hydrogen) atoms. The molecule has 94 valence electrons. The zero-order valence-electron chi connectivity index (χ0n) is 10.1. The molecular formula is C13H24O3. The van der Waals surface area contributed by atoms with Gasteiger partial charge in [-0.05, 0) is 32.1 Å². The Kier molecular flexibility index (Phi) is 7.47. The highest BCUT2D eigenvalue weighted by Crippen LogP contribution is 2.14. The van der Waals surface area contributed by atoms with Crippen molar-refractivity contribution >= 4 is 0 Å². The van der Waals surface area contributed by atoms with Crippen LogP contribution >= 0.6 is 0 Å². The Labute approximate surface area is 98.4 Å². The summed E-state index contributed by atoms with van der Waals surface area (Å²) in [4.78, 5) is 0. The summed E-state index contributed by atoms with van der Waals surface area (Å²) in [5.41, 5.74) is 0. The molecule has 1 aliphatic heterocycles. The van der Waals surface area contributed by atoms with Crippen LogP contribution in [-0.4, -0.2) is 30.7 Å². The minimum atomic E-state index is -0.345. The van der Waals surface area contributed by atoms with Crippen molar-refractivity contribution in [3.05, 3.63) is 12.7 Å². The van der Waals surface area contributed by atoms with Gasteiger partial charge in [0.1, 0.15) is 0 Å². The average Bonchev–Trinajstić information content (AvgIpc) is 2.34. The molecule has 0 aromatic rings. The summed E-state index contributed by atoms with van der Waals surface area (Å²) in [7, 11) is 0. The van der Waals surface area contributed by atoms with E-state index in [1.165, 1.54) is 12.8 Å². The third-order valence-electron chi connectivity index (χ3n) is 2.86. The predicted molar refractivity (Wildman–Crippen MR) is 64.2 cm³/mol. The lowest BCUT2D eigenvalue weighted by atomic mass is 10.1. The Bertz CT molecular complexity index is 176. The molecule has 1 aliphatic rings. The number of hydrogen-bond donors (Lipinski definition) is 1. The van der Waals surface area contributed by atoms with Crippen LogP contribution in [0.4, 0.5) is 0 Å². The highest BCUT2D eigenvalue weighted by molar-refractivity contribution is 4.77. The third kappa shape index (κ3) is 6.26. The normalized spacial score (nSPS) is 22.9. The van der Waals surface area contributed by atoms with Crippen molar-refractivity contribution < 1.29 is 14.6 Å². The summed E-state index contributed by atoms with van der Waals surface area (Å²) >= 11 is 0. The van der Waals surface area contributed by atoms with Crippen molar-refractivity contribution in [2.24, 2.45) is 0 Å². The number of unbranched alkanes of at least 4 members (excludes halogenated alkanes) is 2. The maximum atomic E-state index is 9.25. The highest BCUT2D eigenvalue weighted by atomic mass is 16.7. The minimum absolute atomic E-state index is 0.0347. The van der Waals surface area contributed by atoms with Crippen LogP contribution in [0.2, 0.25) is 0 Å². The second-order valence-corrected chi connectivity index (χ2v) is 4.32. The van der Waals surface area contributed by atoms with E-state index in [0.29, 0.717) is 0 Å². The van der Waals surface area contributed by atoms with Gasteiger partial charge in [-0.25, -0.2) is 0 Å². The lowest BCUT2D eigenvalue weighted by Gasteiger charge is -2.22.